The van der Waals surface area contributed by atoms with Crippen LogP contribution >= 0.6 is 0 Å². The minimum absolute atomic E-state index is 0.0330. The predicted octanol–water partition coefficient (Wildman–Crippen LogP) is 2.48. The monoisotopic (exact) mass is 298 g/mol. The summed E-state index contributed by atoms with van der Waals surface area (Å²) in [6.07, 6.45) is 0. The highest BCUT2D eigenvalue weighted by Crippen LogP contribution is 2.26. The predicted molar refractivity (Wildman–Crippen MR) is 76.2 cm³/mol. The van der Waals surface area contributed by atoms with Crippen LogP contribution in [-0.4, -0.2) is 31.3 Å². The fourth-order valence-corrected chi connectivity index (χ4v) is 2.18. The molecule has 0 atom stereocenters. The molecule has 0 saturated carbocycles. The number of halogens is 1. The van der Waals surface area contributed by atoms with Gasteiger partial charge in [0, 0.05) is 5.56 Å². The number of hydrogen-bond acceptors (Lipinski definition) is 4. The SMILES string of the molecule is Cc1nnnn1-c1cc(C(=O)O)cc(-c2ccccc2F)c1. The largest absolute Gasteiger partial charge is 0.478 e. The summed E-state index contributed by atoms with van der Waals surface area (Å²) in [7, 11) is 0. The van der Waals surface area contributed by atoms with Crippen molar-refractivity contribution in [3.8, 4) is 16.8 Å². The van der Waals surface area contributed by atoms with E-state index in [4.69, 9.17) is 0 Å². The van der Waals surface area contributed by atoms with E-state index in [9.17, 15) is 14.3 Å². The van der Waals surface area contributed by atoms with Crippen molar-refractivity contribution in [3.63, 3.8) is 0 Å². The number of hydrogen-bond donors (Lipinski definition) is 1. The van der Waals surface area contributed by atoms with E-state index in [-0.39, 0.29) is 5.56 Å². The Morgan fingerprint density at radius 1 is 1.23 bits per heavy atom. The molecule has 0 unspecified atom stereocenters. The zero-order chi connectivity index (χ0) is 15.7. The number of rotatable bonds is 3. The van der Waals surface area contributed by atoms with Crippen molar-refractivity contribution in [2.75, 3.05) is 0 Å². The van der Waals surface area contributed by atoms with E-state index in [0.717, 1.165) is 0 Å². The lowest BCUT2D eigenvalue weighted by atomic mass is 10.0. The third-order valence-electron chi connectivity index (χ3n) is 3.22. The first-order chi connectivity index (χ1) is 10.6. The van der Waals surface area contributed by atoms with E-state index in [1.807, 2.05) is 0 Å². The average molecular weight is 298 g/mol. The number of carboxylic acids is 1. The Morgan fingerprint density at radius 3 is 2.64 bits per heavy atom. The highest BCUT2D eigenvalue weighted by Gasteiger charge is 2.13. The lowest BCUT2D eigenvalue weighted by molar-refractivity contribution is 0.0697. The van der Waals surface area contributed by atoms with Gasteiger partial charge in [0.25, 0.3) is 0 Å². The van der Waals surface area contributed by atoms with E-state index in [2.05, 4.69) is 15.5 Å². The number of aryl methyl sites for hydroxylation is 1. The van der Waals surface area contributed by atoms with Gasteiger partial charge in [-0.1, -0.05) is 18.2 Å². The third-order valence-corrected chi connectivity index (χ3v) is 3.22. The van der Waals surface area contributed by atoms with Crippen LogP contribution in [0.15, 0.2) is 42.5 Å². The van der Waals surface area contributed by atoms with Gasteiger partial charge in [0.1, 0.15) is 5.82 Å². The summed E-state index contributed by atoms with van der Waals surface area (Å²) in [6.45, 7) is 1.69. The molecule has 2 aromatic carbocycles. The molecule has 0 fully saturated rings. The van der Waals surface area contributed by atoms with Crippen LogP contribution in [0.3, 0.4) is 0 Å². The quantitative estimate of drug-likeness (QED) is 0.803. The van der Waals surface area contributed by atoms with Crippen molar-refractivity contribution in [3.05, 3.63) is 59.7 Å². The Balaban J connectivity index is 2.24. The smallest absolute Gasteiger partial charge is 0.335 e. The summed E-state index contributed by atoms with van der Waals surface area (Å²) in [4.78, 5) is 11.3. The summed E-state index contributed by atoms with van der Waals surface area (Å²) in [5.74, 6) is -1.03. The molecule has 0 aliphatic rings. The minimum atomic E-state index is -1.11. The van der Waals surface area contributed by atoms with Crippen LogP contribution in [0.5, 0.6) is 0 Å². The maximum absolute atomic E-state index is 14.0. The first-order valence-electron chi connectivity index (χ1n) is 6.45. The van der Waals surface area contributed by atoms with Gasteiger partial charge in [-0.15, -0.1) is 5.10 Å². The Morgan fingerprint density at radius 2 is 2.00 bits per heavy atom. The number of tetrazole rings is 1. The zero-order valence-corrected chi connectivity index (χ0v) is 11.6. The molecule has 0 saturated heterocycles. The van der Waals surface area contributed by atoms with Gasteiger partial charge in [0.05, 0.1) is 11.3 Å². The topological polar surface area (TPSA) is 80.9 Å². The summed E-state index contributed by atoms with van der Waals surface area (Å²) in [6, 6.07) is 10.7. The van der Waals surface area contributed by atoms with Gasteiger partial charge in [-0.05, 0) is 47.2 Å². The third kappa shape index (κ3) is 2.44. The fraction of sp³-hybridized carbons (Fsp3) is 0.0667. The van der Waals surface area contributed by atoms with Gasteiger partial charge in [0.2, 0.25) is 0 Å². The van der Waals surface area contributed by atoms with Crippen molar-refractivity contribution in [1.82, 2.24) is 20.2 Å². The lowest BCUT2D eigenvalue weighted by Gasteiger charge is -2.09. The normalized spacial score (nSPS) is 10.6. The van der Waals surface area contributed by atoms with Crippen LogP contribution in [-0.2, 0) is 0 Å². The molecular weight excluding hydrogens is 287 g/mol. The van der Waals surface area contributed by atoms with Crippen LogP contribution in [0.2, 0.25) is 0 Å². The van der Waals surface area contributed by atoms with E-state index in [1.54, 1.807) is 31.2 Å². The molecule has 0 spiro atoms. The van der Waals surface area contributed by atoms with Gasteiger partial charge in [0.15, 0.2) is 5.82 Å². The number of carbonyl (C=O) groups is 1. The molecule has 7 heteroatoms. The van der Waals surface area contributed by atoms with Gasteiger partial charge in [-0.2, -0.15) is 4.68 Å². The summed E-state index contributed by atoms with van der Waals surface area (Å²) in [5.41, 5.74) is 1.26. The van der Waals surface area contributed by atoms with E-state index >= 15 is 0 Å². The fourth-order valence-electron chi connectivity index (χ4n) is 2.18. The number of benzene rings is 2. The second-order valence-electron chi connectivity index (χ2n) is 4.69. The van der Waals surface area contributed by atoms with Crippen molar-refractivity contribution in [2.45, 2.75) is 6.92 Å². The molecule has 0 radical (unpaired) electrons. The molecular formula is C15H11FN4O2. The Bertz CT molecular complexity index is 860. The first-order valence-corrected chi connectivity index (χ1v) is 6.45. The number of carboxylic acid groups (broad SMARTS) is 1. The molecule has 1 heterocycles. The second-order valence-corrected chi connectivity index (χ2v) is 4.69. The molecule has 110 valence electrons. The van der Waals surface area contributed by atoms with Crippen LogP contribution in [0, 0.1) is 12.7 Å². The molecule has 6 nitrogen and oxygen atoms in total. The number of aromatic carboxylic acids is 1. The molecule has 1 N–H and O–H groups in total. The van der Waals surface area contributed by atoms with Crippen molar-refractivity contribution in [2.24, 2.45) is 0 Å². The molecule has 0 aliphatic heterocycles. The lowest BCUT2D eigenvalue weighted by Crippen LogP contribution is -2.04. The van der Waals surface area contributed by atoms with Crippen molar-refractivity contribution < 1.29 is 14.3 Å². The molecule has 1 aromatic heterocycles. The highest BCUT2D eigenvalue weighted by molar-refractivity contribution is 5.90. The summed E-state index contributed by atoms with van der Waals surface area (Å²) < 4.78 is 15.4. The van der Waals surface area contributed by atoms with Crippen molar-refractivity contribution in [1.29, 1.82) is 0 Å². The minimum Gasteiger partial charge on any atom is -0.478 e. The Labute approximate surface area is 124 Å². The zero-order valence-electron chi connectivity index (χ0n) is 11.6. The standard InChI is InChI=1S/C15H11FN4O2/c1-9-17-18-19-20(9)12-7-10(6-11(8-12)15(21)22)13-4-2-3-5-14(13)16/h2-8H,1H3,(H,21,22). The van der Waals surface area contributed by atoms with Crippen LogP contribution in [0.25, 0.3) is 16.8 Å². The number of nitrogens with zero attached hydrogens (tertiary/aromatic N) is 4. The maximum Gasteiger partial charge on any atom is 0.335 e. The summed E-state index contributed by atoms with van der Waals surface area (Å²) in [5, 5.41) is 20.4. The number of aromatic nitrogens is 4. The van der Waals surface area contributed by atoms with Gasteiger partial charge >= 0.3 is 5.97 Å². The average Bonchev–Trinajstić information content (AvgIpc) is 2.93. The highest BCUT2D eigenvalue weighted by atomic mass is 19.1. The molecule has 0 amide bonds. The summed E-state index contributed by atoms with van der Waals surface area (Å²) >= 11 is 0. The Hall–Kier alpha value is -3.09. The molecule has 0 bridgehead atoms. The van der Waals surface area contributed by atoms with Gasteiger partial charge in [-0.3, -0.25) is 0 Å². The van der Waals surface area contributed by atoms with Crippen LogP contribution in [0.4, 0.5) is 4.39 Å². The van der Waals surface area contributed by atoms with E-state index < -0.39 is 11.8 Å². The van der Waals surface area contributed by atoms with Gasteiger partial charge in [-0.25, -0.2) is 9.18 Å². The Kier molecular flexibility index (Phi) is 3.38. The first kappa shape index (κ1) is 13.9. The van der Waals surface area contributed by atoms with Gasteiger partial charge < -0.3 is 5.11 Å². The second kappa shape index (κ2) is 5.36. The van der Waals surface area contributed by atoms with E-state index in [1.165, 1.54) is 22.9 Å². The van der Waals surface area contributed by atoms with Crippen LogP contribution < -0.4 is 0 Å². The van der Waals surface area contributed by atoms with E-state index in [0.29, 0.717) is 22.6 Å². The molecule has 3 rings (SSSR count). The van der Waals surface area contributed by atoms with Crippen LogP contribution in [0.1, 0.15) is 16.2 Å². The molecule has 22 heavy (non-hydrogen) atoms. The maximum atomic E-state index is 14.0. The molecule has 3 aromatic rings. The molecule has 0 aliphatic carbocycles. The van der Waals surface area contributed by atoms with Crippen molar-refractivity contribution >= 4 is 5.97 Å².